The number of hydrazone groups is 1. The van der Waals surface area contributed by atoms with Crippen molar-refractivity contribution in [1.82, 2.24) is 10.7 Å². The van der Waals surface area contributed by atoms with Crippen molar-refractivity contribution in [3.8, 4) is 11.5 Å². The van der Waals surface area contributed by atoms with Gasteiger partial charge < -0.3 is 14.8 Å². The summed E-state index contributed by atoms with van der Waals surface area (Å²) >= 11 is 0. The van der Waals surface area contributed by atoms with Gasteiger partial charge in [-0.2, -0.15) is 5.10 Å². The van der Waals surface area contributed by atoms with Crippen LogP contribution in [-0.4, -0.2) is 38.8 Å². The van der Waals surface area contributed by atoms with Gasteiger partial charge in [-0.3, -0.25) is 9.59 Å². The Bertz CT molecular complexity index is 760. The van der Waals surface area contributed by atoms with E-state index in [0.29, 0.717) is 17.1 Å². The first-order valence-electron chi connectivity index (χ1n) is 7.51. The van der Waals surface area contributed by atoms with Crippen LogP contribution in [-0.2, 0) is 4.79 Å². The Hall–Kier alpha value is -3.35. The van der Waals surface area contributed by atoms with Crippen molar-refractivity contribution in [2.24, 2.45) is 5.10 Å². The van der Waals surface area contributed by atoms with Gasteiger partial charge in [0, 0.05) is 5.56 Å². The van der Waals surface area contributed by atoms with E-state index in [-0.39, 0.29) is 12.5 Å². The van der Waals surface area contributed by atoms with E-state index in [1.165, 1.54) is 13.3 Å². The molecule has 0 aliphatic rings. The SMILES string of the molecule is COc1ccc(/C=N/NC(=O)CNC(=O)c2ccccc2)cc1OC. The highest BCUT2D eigenvalue weighted by Crippen LogP contribution is 2.26. The van der Waals surface area contributed by atoms with Crippen molar-refractivity contribution in [1.29, 1.82) is 0 Å². The maximum atomic E-state index is 11.8. The van der Waals surface area contributed by atoms with E-state index < -0.39 is 5.91 Å². The standard InChI is InChI=1S/C18H19N3O4/c1-24-15-9-8-13(10-16(15)25-2)11-20-21-17(22)12-19-18(23)14-6-4-3-5-7-14/h3-11H,12H2,1-2H3,(H,19,23)(H,21,22)/b20-11+. The smallest absolute Gasteiger partial charge is 0.259 e. The van der Waals surface area contributed by atoms with Crippen molar-refractivity contribution >= 4 is 18.0 Å². The van der Waals surface area contributed by atoms with Gasteiger partial charge in [0.25, 0.3) is 11.8 Å². The van der Waals surface area contributed by atoms with Gasteiger partial charge in [-0.1, -0.05) is 18.2 Å². The molecule has 0 atom stereocenters. The summed E-state index contributed by atoms with van der Waals surface area (Å²) in [5, 5.41) is 6.37. The van der Waals surface area contributed by atoms with Crippen LogP contribution in [0.25, 0.3) is 0 Å². The fourth-order valence-electron chi connectivity index (χ4n) is 2.00. The molecule has 25 heavy (non-hydrogen) atoms. The molecule has 130 valence electrons. The number of nitrogens with zero attached hydrogens (tertiary/aromatic N) is 1. The summed E-state index contributed by atoms with van der Waals surface area (Å²) in [6.07, 6.45) is 1.47. The van der Waals surface area contributed by atoms with Gasteiger partial charge in [-0.25, -0.2) is 5.43 Å². The molecule has 2 rings (SSSR count). The summed E-state index contributed by atoms with van der Waals surface area (Å²) in [6, 6.07) is 13.9. The monoisotopic (exact) mass is 341 g/mol. The second kappa shape index (κ2) is 9.07. The van der Waals surface area contributed by atoms with Crippen molar-refractivity contribution < 1.29 is 19.1 Å². The Kier molecular flexibility index (Phi) is 6.53. The number of carbonyl (C=O) groups excluding carboxylic acids is 2. The fourth-order valence-corrected chi connectivity index (χ4v) is 2.00. The molecule has 2 aromatic carbocycles. The number of amides is 2. The van der Waals surface area contributed by atoms with Crippen LogP contribution in [0.1, 0.15) is 15.9 Å². The molecular formula is C18H19N3O4. The Morgan fingerprint density at radius 2 is 1.76 bits per heavy atom. The molecule has 0 bridgehead atoms. The number of ether oxygens (including phenoxy) is 2. The highest BCUT2D eigenvalue weighted by Gasteiger charge is 2.07. The second-order valence-electron chi connectivity index (χ2n) is 4.96. The summed E-state index contributed by atoms with van der Waals surface area (Å²) in [5.41, 5.74) is 3.57. The zero-order chi connectivity index (χ0) is 18.1. The van der Waals surface area contributed by atoms with E-state index in [0.717, 1.165) is 5.56 Å². The predicted molar refractivity (Wildman–Crippen MR) is 94.1 cm³/mol. The molecule has 0 spiro atoms. The van der Waals surface area contributed by atoms with Gasteiger partial charge in [-0.15, -0.1) is 0 Å². The third kappa shape index (κ3) is 5.35. The summed E-state index contributed by atoms with van der Waals surface area (Å²) in [4.78, 5) is 23.5. The van der Waals surface area contributed by atoms with E-state index in [4.69, 9.17) is 9.47 Å². The molecule has 0 aliphatic carbocycles. The summed E-state index contributed by atoms with van der Waals surface area (Å²) in [7, 11) is 3.09. The van der Waals surface area contributed by atoms with E-state index in [1.54, 1.807) is 49.6 Å². The molecule has 0 saturated carbocycles. The van der Waals surface area contributed by atoms with Crippen molar-refractivity contribution in [2.45, 2.75) is 0 Å². The lowest BCUT2D eigenvalue weighted by molar-refractivity contribution is -0.120. The van der Waals surface area contributed by atoms with E-state index in [2.05, 4.69) is 15.8 Å². The molecule has 0 saturated heterocycles. The lowest BCUT2D eigenvalue weighted by atomic mass is 10.2. The van der Waals surface area contributed by atoms with Crippen LogP contribution in [0, 0.1) is 0 Å². The van der Waals surface area contributed by atoms with Gasteiger partial charge in [0.1, 0.15) is 0 Å². The van der Waals surface area contributed by atoms with Crippen LogP contribution < -0.4 is 20.2 Å². The van der Waals surface area contributed by atoms with E-state index in [9.17, 15) is 9.59 Å². The number of hydrogen-bond acceptors (Lipinski definition) is 5. The minimum Gasteiger partial charge on any atom is -0.493 e. The van der Waals surface area contributed by atoms with Crippen LogP contribution in [0.15, 0.2) is 53.6 Å². The molecule has 7 heteroatoms. The van der Waals surface area contributed by atoms with Gasteiger partial charge in [0.05, 0.1) is 27.0 Å². The summed E-state index contributed by atoms with van der Waals surface area (Å²) < 4.78 is 10.3. The second-order valence-corrected chi connectivity index (χ2v) is 4.96. The minimum absolute atomic E-state index is 0.170. The van der Waals surface area contributed by atoms with Gasteiger partial charge in [0.2, 0.25) is 0 Å². The topological polar surface area (TPSA) is 89.0 Å². The van der Waals surface area contributed by atoms with Crippen LogP contribution in [0.2, 0.25) is 0 Å². The first-order valence-corrected chi connectivity index (χ1v) is 7.51. The fraction of sp³-hybridized carbons (Fsp3) is 0.167. The zero-order valence-electron chi connectivity index (χ0n) is 14.0. The van der Waals surface area contributed by atoms with Gasteiger partial charge >= 0.3 is 0 Å². The summed E-state index contributed by atoms with van der Waals surface area (Å²) in [6.45, 7) is -0.170. The van der Waals surface area contributed by atoms with Crippen LogP contribution in [0.5, 0.6) is 11.5 Å². The highest BCUT2D eigenvalue weighted by atomic mass is 16.5. The van der Waals surface area contributed by atoms with Gasteiger partial charge in [-0.05, 0) is 35.9 Å². The molecule has 0 aromatic heterocycles. The van der Waals surface area contributed by atoms with Crippen molar-refractivity contribution in [3.05, 3.63) is 59.7 Å². The third-order valence-corrected chi connectivity index (χ3v) is 3.26. The predicted octanol–water partition coefficient (Wildman–Crippen LogP) is 1.58. The average molecular weight is 341 g/mol. The largest absolute Gasteiger partial charge is 0.493 e. The minimum atomic E-state index is -0.430. The molecule has 7 nitrogen and oxygen atoms in total. The van der Waals surface area contributed by atoms with Crippen LogP contribution >= 0.6 is 0 Å². The Morgan fingerprint density at radius 1 is 1.04 bits per heavy atom. The molecule has 2 aromatic rings. The van der Waals surface area contributed by atoms with E-state index >= 15 is 0 Å². The molecule has 0 unspecified atom stereocenters. The third-order valence-electron chi connectivity index (χ3n) is 3.26. The number of rotatable bonds is 7. The molecule has 2 amide bonds. The molecule has 0 radical (unpaired) electrons. The number of hydrogen-bond donors (Lipinski definition) is 2. The normalized spacial score (nSPS) is 10.3. The Balaban J connectivity index is 1.83. The first-order chi connectivity index (χ1) is 12.1. The molecule has 0 fully saturated rings. The summed E-state index contributed by atoms with van der Waals surface area (Å²) in [5.74, 6) is 0.417. The van der Waals surface area contributed by atoms with Crippen molar-refractivity contribution in [3.63, 3.8) is 0 Å². The lowest BCUT2D eigenvalue weighted by Crippen LogP contribution is -2.34. The molecular weight excluding hydrogens is 322 g/mol. The maximum Gasteiger partial charge on any atom is 0.259 e. The van der Waals surface area contributed by atoms with Gasteiger partial charge in [0.15, 0.2) is 11.5 Å². The zero-order valence-corrected chi connectivity index (χ0v) is 14.0. The average Bonchev–Trinajstić information content (AvgIpc) is 2.66. The molecule has 2 N–H and O–H groups in total. The first kappa shape index (κ1) is 18.0. The van der Waals surface area contributed by atoms with Crippen molar-refractivity contribution in [2.75, 3.05) is 20.8 Å². The van der Waals surface area contributed by atoms with E-state index in [1.807, 2.05) is 6.07 Å². The highest BCUT2D eigenvalue weighted by molar-refractivity contribution is 5.96. The Morgan fingerprint density at radius 3 is 2.44 bits per heavy atom. The molecule has 0 heterocycles. The van der Waals surface area contributed by atoms with Crippen LogP contribution in [0.3, 0.4) is 0 Å². The van der Waals surface area contributed by atoms with Crippen LogP contribution in [0.4, 0.5) is 0 Å². The quantitative estimate of drug-likeness (QED) is 0.591. The number of nitrogens with one attached hydrogen (secondary N) is 2. The lowest BCUT2D eigenvalue weighted by Gasteiger charge is -2.07. The Labute approximate surface area is 145 Å². The number of carbonyl (C=O) groups is 2. The number of methoxy groups -OCH3 is 2. The maximum absolute atomic E-state index is 11.8. The molecule has 0 aliphatic heterocycles. The number of benzene rings is 2.